The first-order valence-electron chi connectivity index (χ1n) is 8.35. The van der Waals surface area contributed by atoms with Gasteiger partial charge in [0.05, 0.1) is 14.2 Å². The molecule has 0 spiro atoms. The third kappa shape index (κ3) is 4.11. The lowest BCUT2D eigenvalue weighted by atomic mass is 10.2. The molecule has 1 aliphatic heterocycles. The van der Waals surface area contributed by atoms with E-state index in [2.05, 4.69) is 5.32 Å². The predicted octanol–water partition coefficient (Wildman–Crippen LogP) is 2.72. The fourth-order valence-corrected chi connectivity index (χ4v) is 2.87. The summed E-state index contributed by atoms with van der Waals surface area (Å²) >= 11 is 0. The van der Waals surface area contributed by atoms with Crippen LogP contribution in [-0.2, 0) is 4.79 Å². The zero-order valence-electron chi connectivity index (χ0n) is 15.1. The van der Waals surface area contributed by atoms with Gasteiger partial charge in [-0.2, -0.15) is 0 Å². The summed E-state index contributed by atoms with van der Waals surface area (Å²) in [6.45, 7) is 0.794. The number of nitrogens with one attached hydrogen (secondary N) is 1. The van der Waals surface area contributed by atoms with Crippen molar-refractivity contribution in [3.8, 4) is 11.5 Å². The number of methoxy groups -OCH3 is 2. The molecule has 1 N–H and O–H groups in total. The SMILES string of the molecule is COc1ccc(N2CCN(CC(=O)Nc3ccc(F)cc3)C2=O)cc1OC. The Kier molecular flexibility index (Phi) is 5.44. The first kappa shape index (κ1) is 18.5. The van der Waals surface area contributed by atoms with Crippen LogP contribution < -0.4 is 19.7 Å². The van der Waals surface area contributed by atoms with E-state index in [9.17, 15) is 14.0 Å². The van der Waals surface area contributed by atoms with Crippen LogP contribution in [0, 0.1) is 5.82 Å². The highest BCUT2D eigenvalue weighted by molar-refractivity contribution is 5.99. The van der Waals surface area contributed by atoms with Gasteiger partial charge in [0, 0.05) is 30.5 Å². The Morgan fingerprint density at radius 3 is 2.44 bits per heavy atom. The van der Waals surface area contributed by atoms with E-state index in [0.717, 1.165) is 0 Å². The molecule has 3 rings (SSSR count). The van der Waals surface area contributed by atoms with Gasteiger partial charge in [0.25, 0.3) is 0 Å². The first-order chi connectivity index (χ1) is 13.0. The van der Waals surface area contributed by atoms with Gasteiger partial charge < -0.3 is 19.7 Å². The Labute approximate surface area is 156 Å². The Bertz CT molecular complexity index is 841. The largest absolute Gasteiger partial charge is 0.493 e. The Hall–Kier alpha value is -3.29. The van der Waals surface area contributed by atoms with E-state index in [4.69, 9.17) is 9.47 Å². The van der Waals surface area contributed by atoms with Crippen molar-refractivity contribution < 1.29 is 23.5 Å². The van der Waals surface area contributed by atoms with Gasteiger partial charge in [-0.05, 0) is 36.4 Å². The highest BCUT2D eigenvalue weighted by Gasteiger charge is 2.31. The van der Waals surface area contributed by atoms with E-state index in [1.165, 1.54) is 36.3 Å². The number of carbonyl (C=O) groups excluding carboxylic acids is 2. The van der Waals surface area contributed by atoms with Gasteiger partial charge in [-0.1, -0.05) is 0 Å². The monoisotopic (exact) mass is 373 g/mol. The Balaban J connectivity index is 1.64. The summed E-state index contributed by atoms with van der Waals surface area (Å²) in [5.41, 5.74) is 1.14. The number of urea groups is 1. The van der Waals surface area contributed by atoms with Crippen LogP contribution in [0.1, 0.15) is 0 Å². The lowest BCUT2D eigenvalue weighted by Gasteiger charge is -2.19. The summed E-state index contributed by atoms with van der Waals surface area (Å²) in [7, 11) is 3.07. The molecule has 0 saturated carbocycles. The van der Waals surface area contributed by atoms with Crippen molar-refractivity contribution in [2.75, 3.05) is 44.1 Å². The van der Waals surface area contributed by atoms with Crippen LogP contribution in [-0.4, -0.2) is 50.7 Å². The molecule has 0 aliphatic carbocycles. The van der Waals surface area contributed by atoms with Crippen LogP contribution >= 0.6 is 0 Å². The average Bonchev–Trinajstić information content (AvgIpc) is 3.03. The zero-order chi connectivity index (χ0) is 19.4. The van der Waals surface area contributed by atoms with Gasteiger partial charge in [-0.15, -0.1) is 0 Å². The lowest BCUT2D eigenvalue weighted by Crippen LogP contribution is -2.37. The number of ether oxygens (including phenoxy) is 2. The van der Waals surface area contributed by atoms with Crippen LogP contribution in [0.2, 0.25) is 0 Å². The molecule has 27 heavy (non-hydrogen) atoms. The van der Waals surface area contributed by atoms with E-state index in [-0.39, 0.29) is 24.3 Å². The molecule has 3 amide bonds. The van der Waals surface area contributed by atoms with Crippen molar-refractivity contribution in [2.24, 2.45) is 0 Å². The summed E-state index contributed by atoms with van der Waals surface area (Å²) in [6, 6.07) is 10.4. The summed E-state index contributed by atoms with van der Waals surface area (Å²) < 4.78 is 23.4. The van der Waals surface area contributed by atoms with Crippen molar-refractivity contribution in [1.29, 1.82) is 0 Å². The number of nitrogens with zero attached hydrogens (tertiary/aromatic N) is 2. The molecule has 1 aliphatic rings. The minimum absolute atomic E-state index is 0.0833. The molecule has 2 aromatic carbocycles. The topological polar surface area (TPSA) is 71.1 Å². The molecule has 1 heterocycles. The van der Waals surface area contributed by atoms with Crippen molar-refractivity contribution in [3.05, 3.63) is 48.3 Å². The maximum Gasteiger partial charge on any atom is 0.325 e. The second-order valence-corrected chi connectivity index (χ2v) is 5.95. The molecule has 0 atom stereocenters. The van der Waals surface area contributed by atoms with Gasteiger partial charge in [0.1, 0.15) is 12.4 Å². The minimum atomic E-state index is -0.381. The zero-order valence-corrected chi connectivity index (χ0v) is 15.1. The number of anilines is 2. The number of halogens is 1. The minimum Gasteiger partial charge on any atom is -0.493 e. The van der Waals surface area contributed by atoms with Crippen LogP contribution in [0.15, 0.2) is 42.5 Å². The molecule has 1 saturated heterocycles. The van der Waals surface area contributed by atoms with Gasteiger partial charge >= 0.3 is 6.03 Å². The number of benzene rings is 2. The van der Waals surface area contributed by atoms with Crippen molar-refractivity contribution in [1.82, 2.24) is 4.90 Å². The van der Waals surface area contributed by atoms with Crippen molar-refractivity contribution >= 4 is 23.3 Å². The number of hydrogen-bond donors (Lipinski definition) is 1. The summed E-state index contributed by atoms with van der Waals surface area (Å²) in [5, 5.41) is 2.65. The predicted molar refractivity (Wildman–Crippen MR) is 98.9 cm³/mol. The van der Waals surface area contributed by atoms with E-state index < -0.39 is 0 Å². The molecule has 0 unspecified atom stereocenters. The molecule has 0 aromatic heterocycles. The summed E-state index contributed by atoms with van der Waals surface area (Å²) in [5.74, 6) is 0.371. The van der Waals surface area contributed by atoms with Crippen molar-refractivity contribution in [2.45, 2.75) is 0 Å². The smallest absolute Gasteiger partial charge is 0.325 e. The number of amides is 3. The second kappa shape index (κ2) is 7.94. The van der Waals surface area contributed by atoms with Gasteiger partial charge in [0.15, 0.2) is 11.5 Å². The van der Waals surface area contributed by atoms with Crippen LogP contribution in [0.5, 0.6) is 11.5 Å². The van der Waals surface area contributed by atoms with Gasteiger partial charge in [0.2, 0.25) is 5.91 Å². The fourth-order valence-electron chi connectivity index (χ4n) is 2.87. The van der Waals surface area contributed by atoms with Crippen LogP contribution in [0.3, 0.4) is 0 Å². The Morgan fingerprint density at radius 2 is 1.78 bits per heavy atom. The molecular formula is C19H20FN3O4. The molecule has 0 radical (unpaired) electrons. The summed E-state index contributed by atoms with van der Waals surface area (Å²) in [6.07, 6.45) is 0. The van der Waals surface area contributed by atoms with E-state index in [0.29, 0.717) is 36.0 Å². The lowest BCUT2D eigenvalue weighted by molar-refractivity contribution is -0.116. The third-order valence-corrected chi connectivity index (χ3v) is 4.24. The van der Waals surface area contributed by atoms with Gasteiger partial charge in [-0.25, -0.2) is 9.18 Å². The molecule has 7 nitrogen and oxygen atoms in total. The van der Waals surface area contributed by atoms with E-state index in [1.807, 2.05) is 0 Å². The molecule has 2 aromatic rings. The maximum atomic E-state index is 12.9. The van der Waals surface area contributed by atoms with E-state index in [1.54, 1.807) is 30.2 Å². The van der Waals surface area contributed by atoms with Crippen molar-refractivity contribution in [3.63, 3.8) is 0 Å². The molecule has 8 heteroatoms. The quantitative estimate of drug-likeness (QED) is 0.845. The second-order valence-electron chi connectivity index (χ2n) is 5.95. The number of rotatable bonds is 6. The summed E-state index contributed by atoms with van der Waals surface area (Å²) in [4.78, 5) is 27.8. The normalized spacial score (nSPS) is 13.7. The highest BCUT2D eigenvalue weighted by atomic mass is 19.1. The number of carbonyl (C=O) groups is 2. The third-order valence-electron chi connectivity index (χ3n) is 4.24. The maximum absolute atomic E-state index is 12.9. The number of hydrogen-bond acceptors (Lipinski definition) is 4. The average molecular weight is 373 g/mol. The van der Waals surface area contributed by atoms with E-state index >= 15 is 0 Å². The van der Waals surface area contributed by atoms with Crippen LogP contribution in [0.4, 0.5) is 20.6 Å². The highest BCUT2D eigenvalue weighted by Crippen LogP contribution is 2.32. The molecule has 1 fully saturated rings. The van der Waals surface area contributed by atoms with Crippen LogP contribution in [0.25, 0.3) is 0 Å². The molecule has 142 valence electrons. The Morgan fingerprint density at radius 1 is 1.07 bits per heavy atom. The van der Waals surface area contributed by atoms with Gasteiger partial charge in [-0.3, -0.25) is 9.69 Å². The fraction of sp³-hybridized carbons (Fsp3) is 0.263. The molecule has 0 bridgehead atoms. The molecular weight excluding hydrogens is 353 g/mol. The first-order valence-corrected chi connectivity index (χ1v) is 8.35. The standard InChI is InChI=1S/C19H20FN3O4/c1-26-16-8-7-15(11-17(16)27-2)23-10-9-22(19(23)25)12-18(24)21-14-5-3-13(20)4-6-14/h3-8,11H,9-10,12H2,1-2H3,(H,21,24).